The highest BCUT2D eigenvalue weighted by Crippen LogP contribution is 2.27. The minimum atomic E-state index is -0.770. The maximum atomic E-state index is 12.7. The summed E-state index contributed by atoms with van der Waals surface area (Å²) in [6, 6.07) is 4.89. The fourth-order valence-electron chi connectivity index (χ4n) is 3.03. The van der Waals surface area contributed by atoms with Crippen molar-refractivity contribution in [2.75, 3.05) is 12.4 Å². The minimum absolute atomic E-state index is 0.0630. The van der Waals surface area contributed by atoms with Crippen molar-refractivity contribution in [2.45, 2.75) is 45.8 Å². The Bertz CT molecular complexity index is 1090. The first kappa shape index (κ1) is 20.6. The quantitative estimate of drug-likeness (QED) is 0.637. The number of hydrogen-bond acceptors (Lipinski definition) is 5. The lowest BCUT2D eigenvalue weighted by atomic mass is 10.0. The maximum absolute atomic E-state index is 12.7. The van der Waals surface area contributed by atoms with Gasteiger partial charge in [-0.05, 0) is 45.7 Å². The molecule has 0 aromatic carbocycles. The summed E-state index contributed by atoms with van der Waals surface area (Å²) in [6.07, 6.45) is 6.40. The van der Waals surface area contributed by atoms with E-state index in [2.05, 4.69) is 10.3 Å². The van der Waals surface area contributed by atoms with Gasteiger partial charge >= 0.3 is 0 Å². The molecule has 3 aromatic heterocycles. The largest absolute Gasteiger partial charge is 0.494 e. The second-order valence-electron chi connectivity index (χ2n) is 7.53. The van der Waals surface area contributed by atoms with Gasteiger partial charge in [0.15, 0.2) is 0 Å². The van der Waals surface area contributed by atoms with Crippen molar-refractivity contribution in [3.05, 3.63) is 58.4 Å². The summed E-state index contributed by atoms with van der Waals surface area (Å²) >= 11 is 0. The van der Waals surface area contributed by atoms with E-state index in [9.17, 15) is 14.7 Å². The van der Waals surface area contributed by atoms with Gasteiger partial charge in [-0.3, -0.25) is 9.59 Å². The Morgan fingerprint density at radius 1 is 1.34 bits per heavy atom. The van der Waals surface area contributed by atoms with E-state index in [0.29, 0.717) is 36.5 Å². The van der Waals surface area contributed by atoms with Gasteiger partial charge in [0.2, 0.25) is 0 Å². The molecule has 0 saturated heterocycles. The number of carbonyl (C=O) groups excluding carboxylic acids is 1. The van der Waals surface area contributed by atoms with Crippen LogP contribution in [-0.4, -0.2) is 37.7 Å². The van der Waals surface area contributed by atoms with Crippen LogP contribution in [0.2, 0.25) is 0 Å². The van der Waals surface area contributed by atoms with E-state index >= 15 is 0 Å². The van der Waals surface area contributed by atoms with Crippen LogP contribution in [0.15, 0.2) is 41.6 Å². The van der Waals surface area contributed by atoms with Gasteiger partial charge < -0.3 is 24.1 Å². The molecular weight excluding hydrogens is 372 g/mol. The number of hydrogen-bond donors (Lipinski definition) is 2. The number of ether oxygens (including phenoxy) is 1. The van der Waals surface area contributed by atoms with Gasteiger partial charge in [-0.15, -0.1) is 0 Å². The van der Waals surface area contributed by atoms with Crippen molar-refractivity contribution in [3.63, 3.8) is 0 Å². The molecule has 8 nitrogen and oxygen atoms in total. The van der Waals surface area contributed by atoms with Crippen LogP contribution >= 0.6 is 0 Å². The second kappa shape index (κ2) is 8.08. The maximum Gasteiger partial charge on any atom is 0.263 e. The van der Waals surface area contributed by atoms with Crippen molar-refractivity contribution in [1.82, 2.24) is 14.0 Å². The third-order valence-electron chi connectivity index (χ3n) is 4.67. The van der Waals surface area contributed by atoms with Crippen LogP contribution in [0.5, 0.6) is 5.75 Å². The molecule has 154 valence electrons. The van der Waals surface area contributed by atoms with Crippen molar-refractivity contribution in [3.8, 4) is 5.75 Å². The summed E-state index contributed by atoms with van der Waals surface area (Å²) in [5.74, 6) is -0.0601. The van der Waals surface area contributed by atoms with Crippen LogP contribution in [0.25, 0.3) is 5.65 Å². The van der Waals surface area contributed by atoms with E-state index in [1.54, 1.807) is 42.8 Å². The third kappa shape index (κ3) is 4.65. The number of amides is 1. The van der Waals surface area contributed by atoms with E-state index in [4.69, 9.17) is 4.74 Å². The Kier molecular flexibility index (Phi) is 5.74. The summed E-state index contributed by atoms with van der Waals surface area (Å²) in [5.41, 5.74) is 0.873. The molecular formula is C21H26N4O4. The number of pyridine rings is 2. The van der Waals surface area contributed by atoms with Gasteiger partial charge in [0, 0.05) is 31.2 Å². The number of fused-ring (bicyclic) bond motifs is 1. The van der Waals surface area contributed by atoms with Gasteiger partial charge in [0.1, 0.15) is 22.6 Å². The van der Waals surface area contributed by atoms with Crippen molar-refractivity contribution >= 4 is 17.2 Å². The van der Waals surface area contributed by atoms with Crippen molar-refractivity contribution in [2.24, 2.45) is 0 Å². The molecule has 3 aromatic rings. The molecule has 2 N–H and O–H groups in total. The fraction of sp³-hybridized carbons (Fsp3) is 0.381. The Labute approximate surface area is 168 Å². The molecule has 0 saturated carbocycles. The molecule has 0 spiro atoms. The summed E-state index contributed by atoms with van der Waals surface area (Å²) in [6.45, 7) is 5.84. The Hall–Kier alpha value is -3.13. The summed E-state index contributed by atoms with van der Waals surface area (Å²) in [4.78, 5) is 29.6. The van der Waals surface area contributed by atoms with Gasteiger partial charge in [0.25, 0.3) is 11.5 Å². The monoisotopic (exact) mass is 398 g/mol. The second-order valence-corrected chi connectivity index (χ2v) is 7.53. The predicted molar refractivity (Wildman–Crippen MR) is 111 cm³/mol. The summed E-state index contributed by atoms with van der Waals surface area (Å²) in [7, 11) is 1.51. The lowest BCUT2D eigenvalue weighted by Crippen LogP contribution is -2.28. The highest BCUT2D eigenvalue weighted by molar-refractivity contribution is 6.04. The molecule has 0 unspecified atom stereocenters. The lowest BCUT2D eigenvalue weighted by Gasteiger charge is -2.15. The van der Waals surface area contributed by atoms with E-state index in [1.807, 2.05) is 13.1 Å². The number of nitrogens with zero attached hydrogens (tertiary/aromatic N) is 3. The Balaban J connectivity index is 1.90. The number of aromatic nitrogens is 3. The van der Waals surface area contributed by atoms with Crippen LogP contribution in [0.4, 0.5) is 5.69 Å². The number of rotatable bonds is 7. The number of carbonyl (C=O) groups is 1. The van der Waals surface area contributed by atoms with Crippen LogP contribution in [0, 0.1) is 0 Å². The molecule has 8 heteroatoms. The standard InChI is InChI=1S/C21H26N4O4/c1-5-24-10-6-7-15(20(24)27)19(26)23-16-13-25-12-14(8-9-21(2,3)28)22-18(25)11-17(16)29-4/h6-7,10-13,28H,5,8-9H2,1-4H3,(H,23,26). The highest BCUT2D eigenvalue weighted by Gasteiger charge is 2.17. The summed E-state index contributed by atoms with van der Waals surface area (Å²) in [5, 5.41) is 12.7. The van der Waals surface area contributed by atoms with E-state index in [0.717, 1.165) is 5.69 Å². The van der Waals surface area contributed by atoms with Gasteiger partial charge in [0.05, 0.1) is 18.4 Å². The zero-order chi connectivity index (χ0) is 21.2. The number of aryl methyl sites for hydroxylation is 2. The number of methoxy groups -OCH3 is 1. The highest BCUT2D eigenvalue weighted by atomic mass is 16.5. The third-order valence-corrected chi connectivity index (χ3v) is 4.67. The predicted octanol–water partition coefficient (Wildman–Crippen LogP) is 2.48. The van der Waals surface area contributed by atoms with Gasteiger partial charge in [-0.2, -0.15) is 0 Å². The Morgan fingerprint density at radius 2 is 2.10 bits per heavy atom. The average molecular weight is 398 g/mol. The minimum Gasteiger partial charge on any atom is -0.494 e. The van der Waals surface area contributed by atoms with Crippen LogP contribution in [0.1, 0.15) is 43.2 Å². The first-order chi connectivity index (χ1) is 13.7. The van der Waals surface area contributed by atoms with Crippen LogP contribution < -0.4 is 15.6 Å². The molecule has 3 rings (SSSR count). The van der Waals surface area contributed by atoms with E-state index in [-0.39, 0.29) is 11.1 Å². The van der Waals surface area contributed by atoms with Crippen LogP contribution in [-0.2, 0) is 13.0 Å². The topological polar surface area (TPSA) is 97.9 Å². The molecule has 1 amide bonds. The average Bonchev–Trinajstić information content (AvgIpc) is 3.07. The Morgan fingerprint density at radius 3 is 2.76 bits per heavy atom. The van der Waals surface area contributed by atoms with Crippen molar-refractivity contribution in [1.29, 1.82) is 0 Å². The first-order valence-electron chi connectivity index (χ1n) is 9.50. The lowest BCUT2D eigenvalue weighted by molar-refractivity contribution is 0.0711. The molecule has 29 heavy (non-hydrogen) atoms. The number of anilines is 1. The van der Waals surface area contributed by atoms with E-state index < -0.39 is 11.5 Å². The summed E-state index contributed by atoms with van der Waals surface area (Å²) < 4.78 is 8.65. The molecule has 0 bridgehead atoms. The molecule has 0 radical (unpaired) electrons. The molecule has 0 aliphatic heterocycles. The molecule has 0 aliphatic rings. The number of imidazole rings is 1. The number of nitrogens with one attached hydrogen (secondary N) is 1. The zero-order valence-corrected chi connectivity index (χ0v) is 17.1. The number of aliphatic hydroxyl groups is 1. The molecule has 0 fully saturated rings. The fourth-order valence-corrected chi connectivity index (χ4v) is 3.03. The van der Waals surface area contributed by atoms with Crippen molar-refractivity contribution < 1.29 is 14.6 Å². The molecule has 0 aliphatic carbocycles. The van der Waals surface area contributed by atoms with Gasteiger partial charge in [-0.25, -0.2) is 4.98 Å². The smallest absolute Gasteiger partial charge is 0.263 e. The van der Waals surface area contributed by atoms with Gasteiger partial charge in [-0.1, -0.05) is 0 Å². The zero-order valence-electron chi connectivity index (χ0n) is 17.1. The van der Waals surface area contributed by atoms with E-state index in [1.165, 1.54) is 17.7 Å². The normalized spacial score (nSPS) is 11.6. The molecule has 0 atom stereocenters. The van der Waals surface area contributed by atoms with Crippen LogP contribution in [0.3, 0.4) is 0 Å². The SMILES string of the molecule is CCn1cccc(C(=O)Nc2cn3cc(CCC(C)(C)O)nc3cc2OC)c1=O. The first-order valence-corrected chi connectivity index (χ1v) is 9.50. The molecule has 3 heterocycles.